The van der Waals surface area contributed by atoms with Crippen LogP contribution >= 0.6 is 0 Å². The molecule has 1 amide bonds. The molecule has 0 atom stereocenters. The predicted octanol–water partition coefficient (Wildman–Crippen LogP) is 8.05. The second-order valence-electron chi connectivity index (χ2n) is 12.4. The molecule has 6 aromatic rings. The van der Waals surface area contributed by atoms with Crippen molar-refractivity contribution >= 4 is 16.9 Å². The SMILES string of the molecule is COc1ccc2c(C3COC(CCCNC(=O)OCc4nccn4C(c4ccccc4)(c4ccccc4)c4ccccc4)OC3)cccc2c1. The molecule has 1 aliphatic rings. The number of nitrogens with one attached hydrogen (secondary N) is 1. The molecule has 0 radical (unpaired) electrons. The highest BCUT2D eigenvalue weighted by Crippen LogP contribution is 2.41. The number of benzene rings is 5. The topological polar surface area (TPSA) is 83.8 Å². The number of ether oxygens (including phenoxy) is 4. The van der Waals surface area contributed by atoms with E-state index in [9.17, 15) is 4.79 Å². The Kier molecular flexibility index (Phi) is 10.2. The van der Waals surface area contributed by atoms with Crippen molar-refractivity contribution in [2.75, 3.05) is 26.9 Å². The molecule has 1 aliphatic heterocycles. The molecule has 254 valence electrons. The van der Waals surface area contributed by atoms with Crippen LogP contribution in [0.2, 0.25) is 0 Å². The first-order valence-electron chi connectivity index (χ1n) is 17.1. The van der Waals surface area contributed by atoms with Gasteiger partial charge in [0, 0.05) is 31.3 Å². The number of aromatic nitrogens is 2. The summed E-state index contributed by atoms with van der Waals surface area (Å²) in [4.78, 5) is 17.5. The molecule has 0 bridgehead atoms. The maximum atomic E-state index is 12.9. The number of alkyl carbamates (subject to hydrolysis) is 1. The van der Waals surface area contributed by atoms with E-state index in [1.54, 1.807) is 13.3 Å². The second-order valence-corrected chi connectivity index (χ2v) is 12.4. The summed E-state index contributed by atoms with van der Waals surface area (Å²) < 4.78 is 25.4. The van der Waals surface area contributed by atoms with Gasteiger partial charge in [-0.2, -0.15) is 0 Å². The van der Waals surface area contributed by atoms with Gasteiger partial charge in [0.1, 0.15) is 17.1 Å². The number of hydrogen-bond donors (Lipinski definition) is 1. The van der Waals surface area contributed by atoms with Gasteiger partial charge in [-0.3, -0.25) is 0 Å². The van der Waals surface area contributed by atoms with Crippen molar-refractivity contribution in [2.24, 2.45) is 0 Å². The maximum absolute atomic E-state index is 12.9. The summed E-state index contributed by atoms with van der Waals surface area (Å²) in [5.74, 6) is 1.61. The molecule has 50 heavy (non-hydrogen) atoms. The van der Waals surface area contributed by atoms with Gasteiger partial charge in [-0.25, -0.2) is 9.78 Å². The monoisotopic (exact) mass is 667 g/mol. The smallest absolute Gasteiger partial charge is 0.407 e. The lowest BCUT2D eigenvalue weighted by atomic mass is 9.76. The van der Waals surface area contributed by atoms with Crippen LogP contribution in [0.5, 0.6) is 5.75 Å². The highest BCUT2D eigenvalue weighted by molar-refractivity contribution is 5.87. The third kappa shape index (κ3) is 6.85. The average molecular weight is 668 g/mol. The van der Waals surface area contributed by atoms with Gasteiger partial charge >= 0.3 is 6.09 Å². The summed E-state index contributed by atoms with van der Waals surface area (Å²) in [5.41, 5.74) is 3.67. The van der Waals surface area contributed by atoms with E-state index in [1.165, 1.54) is 10.9 Å². The van der Waals surface area contributed by atoms with Crippen molar-refractivity contribution in [3.05, 3.63) is 168 Å². The average Bonchev–Trinajstić information content (AvgIpc) is 3.66. The molecular weight excluding hydrogens is 626 g/mol. The Morgan fingerprint density at radius 2 is 1.48 bits per heavy atom. The summed E-state index contributed by atoms with van der Waals surface area (Å²) in [5, 5.41) is 5.20. The molecule has 0 saturated carbocycles. The van der Waals surface area contributed by atoms with Gasteiger partial charge in [-0.1, -0.05) is 115 Å². The van der Waals surface area contributed by atoms with Gasteiger partial charge in [0.05, 0.1) is 20.3 Å². The zero-order chi connectivity index (χ0) is 34.2. The zero-order valence-electron chi connectivity index (χ0n) is 28.1. The molecule has 1 N–H and O–H groups in total. The maximum Gasteiger partial charge on any atom is 0.407 e. The second kappa shape index (κ2) is 15.4. The van der Waals surface area contributed by atoms with Crippen molar-refractivity contribution in [1.29, 1.82) is 0 Å². The number of hydrogen-bond acceptors (Lipinski definition) is 6. The van der Waals surface area contributed by atoms with E-state index in [2.05, 4.69) is 75.5 Å². The Labute approximate surface area is 292 Å². The minimum Gasteiger partial charge on any atom is -0.497 e. The molecule has 0 aliphatic carbocycles. The number of imidazole rings is 1. The fourth-order valence-corrected chi connectivity index (χ4v) is 7.00. The van der Waals surface area contributed by atoms with Crippen LogP contribution in [0.25, 0.3) is 10.8 Å². The van der Waals surface area contributed by atoms with Crippen LogP contribution in [0.1, 0.15) is 46.8 Å². The molecule has 7 rings (SSSR count). The highest BCUT2D eigenvalue weighted by atomic mass is 16.7. The summed E-state index contributed by atoms with van der Waals surface area (Å²) in [6, 6.07) is 43.5. The summed E-state index contributed by atoms with van der Waals surface area (Å²) in [7, 11) is 1.68. The van der Waals surface area contributed by atoms with Gasteiger partial charge < -0.3 is 28.8 Å². The van der Waals surface area contributed by atoms with Crippen LogP contribution in [0.3, 0.4) is 0 Å². The molecule has 1 fully saturated rings. The number of amides is 1. The Morgan fingerprint density at radius 3 is 2.10 bits per heavy atom. The number of methoxy groups -OCH3 is 1. The van der Waals surface area contributed by atoms with Gasteiger partial charge in [0.2, 0.25) is 0 Å². The first-order chi connectivity index (χ1) is 24.7. The molecule has 0 spiro atoms. The lowest BCUT2D eigenvalue weighted by molar-refractivity contribution is -0.189. The first-order valence-corrected chi connectivity index (χ1v) is 17.1. The highest BCUT2D eigenvalue weighted by Gasteiger charge is 2.39. The van der Waals surface area contributed by atoms with Crippen LogP contribution in [-0.4, -0.2) is 48.8 Å². The standard InChI is InChI=1S/C42H41N3O5/c1-47-36-22-23-38-31(27-36)13-11-20-37(38)32-28-48-40(49-29-32)21-12-24-44-41(46)50-30-39-43-25-26-45(39)42(33-14-5-2-6-15-33,34-16-7-3-8-17-34)35-18-9-4-10-19-35/h2-11,13-20,22-23,25-27,32,40H,12,21,24,28-30H2,1H3,(H,44,46). The van der Waals surface area contributed by atoms with E-state index in [0.717, 1.165) is 27.8 Å². The van der Waals surface area contributed by atoms with Crippen LogP contribution in [-0.2, 0) is 26.4 Å². The van der Waals surface area contributed by atoms with Crippen molar-refractivity contribution < 1.29 is 23.7 Å². The molecule has 1 aromatic heterocycles. The molecule has 0 unspecified atom stereocenters. The van der Waals surface area contributed by atoms with Crippen molar-refractivity contribution in [3.63, 3.8) is 0 Å². The molecule has 2 heterocycles. The van der Waals surface area contributed by atoms with Crippen LogP contribution in [0, 0.1) is 0 Å². The van der Waals surface area contributed by atoms with E-state index in [0.29, 0.717) is 38.4 Å². The van der Waals surface area contributed by atoms with Crippen LogP contribution < -0.4 is 10.1 Å². The van der Waals surface area contributed by atoms with E-state index < -0.39 is 11.6 Å². The van der Waals surface area contributed by atoms with E-state index in [-0.39, 0.29) is 18.8 Å². The molecular formula is C42H41N3O5. The molecule has 8 nitrogen and oxygen atoms in total. The molecule has 1 saturated heterocycles. The number of nitrogens with zero attached hydrogens (tertiary/aromatic N) is 2. The van der Waals surface area contributed by atoms with Crippen LogP contribution in [0.4, 0.5) is 4.79 Å². The molecule has 5 aromatic carbocycles. The summed E-state index contributed by atoms with van der Waals surface area (Å²) in [6.45, 7) is 1.60. The largest absolute Gasteiger partial charge is 0.497 e. The van der Waals surface area contributed by atoms with Crippen molar-refractivity contribution in [2.45, 2.75) is 37.2 Å². The zero-order valence-corrected chi connectivity index (χ0v) is 28.1. The minimum absolute atomic E-state index is 0.00424. The third-order valence-electron chi connectivity index (χ3n) is 9.40. The lowest BCUT2D eigenvalue weighted by Crippen LogP contribution is -2.39. The number of fused-ring (bicyclic) bond motifs is 1. The van der Waals surface area contributed by atoms with Gasteiger partial charge in [0.25, 0.3) is 0 Å². The Hall–Kier alpha value is -5.44. The fraction of sp³-hybridized carbons (Fsp3) is 0.238. The predicted molar refractivity (Wildman–Crippen MR) is 193 cm³/mol. The van der Waals surface area contributed by atoms with Crippen molar-refractivity contribution in [3.8, 4) is 5.75 Å². The Bertz CT molecular complexity index is 1890. The number of carbonyl (C=O) groups is 1. The van der Waals surface area contributed by atoms with Gasteiger partial charge in [-0.15, -0.1) is 0 Å². The van der Waals surface area contributed by atoms with Crippen molar-refractivity contribution in [1.82, 2.24) is 14.9 Å². The summed E-state index contributed by atoms with van der Waals surface area (Å²) >= 11 is 0. The summed E-state index contributed by atoms with van der Waals surface area (Å²) in [6.07, 6.45) is 4.25. The van der Waals surface area contributed by atoms with E-state index in [1.807, 2.05) is 72.9 Å². The van der Waals surface area contributed by atoms with Gasteiger partial charge in [-0.05, 0) is 51.6 Å². The number of carbonyl (C=O) groups excluding carboxylic acids is 1. The normalized spacial score (nSPS) is 16.2. The first kappa shape index (κ1) is 33.1. The van der Waals surface area contributed by atoms with E-state index in [4.69, 9.17) is 18.9 Å². The lowest BCUT2D eigenvalue weighted by Gasteiger charge is -2.38. The fourth-order valence-electron chi connectivity index (χ4n) is 7.00. The Morgan fingerprint density at radius 1 is 0.840 bits per heavy atom. The van der Waals surface area contributed by atoms with Gasteiger partial charge in [0.15, 0.2) is 12.9 Å². The Balaban J connectivity index is 0.956. The van der Waals surface area contributed by atoms with E-state index >= 15 is 0 Å². The third-order valence-corrected chi connectivity index (χ3v) is 9.40. The minimum atomic E-state index is -0.740. The quantitative estimate of drug-likeness (QED) is 0.105. The molecule has 8 heteroatoms. The van der Waals surface area contributed by atoms with Crippen LogP contribution in [0.15, 0.2) is 140 Å². The number of rotatable bonds is 12.